The van der Waals surface area contributed by atoms with E-state index in [1.807, 2.05) is 52.2 Å². The van der Waals surface area contributed by atoms with Gasteiger partial charge in [0.05, 0.1) is 12.1 Å². The average molecular weight is 438 g/mol. The van der Waals surface area contributed by atoms with Crippen LogP contribution in [0.1, 0.15) is 26.3 Å². The SMILES string of the molecule is CC(C)n1c(=O)n(C)c2nnc3cc(F)c(-c4ccc(OCCCN(C)C)cc4)cc3c21. The summed E-state index contributed by atoms with van der Waals surface area (Å²) in [4.78, 5) is 14.9. The van der Waals surface area contributed by atoms with Gasteiger partial charge in [0, 0.05) is 36.7 Å². The van der Waals surface area contributed by atoms with Gasteiger partial charge < -0.3 is 9.64 Å². The highest BCUT2D eigenvalue weighted by Crippen LogP contribution is 2.31. The Bertz CT molecular complexity index is 1320. The molecule has 0 bridgehead atoms. The van der Waals surface area contributed by atoms with Gasteiger partial charge in [-0.1, -0.05) is 12.1 Å². The van der Waals surface area contributed by atoms with Crippen molar-refractivity contribution in [3.05, 3.63) is 52.7 Å². The molecule has 2 aromatic heterocycles. The smallest absolute Gasteiger partial charge is 0.330 e. The maximum Gasteiger partial charge on any atom is 0.330 e. The largest absolute Gasteiger partial charge is 0.494 e. The third-order valence-electron chi connectivity index (χ3n) is 5.56. The first kappa shape index (κ1) is 22.0. The first-order valence-electron chi connectivity index (χ1n) is 10.7. The molecule has 2 aromatic carbocycles. The van der Waals surface area contributed by atoms with E-state index in [9.17, 15) is 9.18 Å². The van der Waals surface area contributed by atoms with Crippen LogP contribution in [0.4, 0.5) is 4.39 Å². The zero-order chi connectivity index (χ0) is 23.0. The minimum Gasteiger partial charge on any atom is -0.494 e. The molecule has 4 rings (SSSR count). The molecule has 0 radical (unpaired) electrons. The second-order valence-electron chi connectivity index (χ2n) is 8.56. The number of halogens is 1. The maximum absolute atomic E-state index is 15.0. The van der Waals surface area contributed by atoms with E-state index in [0.717, 1.165) is 24.3 Å². The lowest BCUT2D eigenvalue weighted by Gasteiger charge is -2.12. The first-order valence-corrected chi connectivity index (χ1v) is 10.7. The second-order valence-corrected chi connectivity index (χ2v) is 8.56. The van der Waals surface area contributed by atoms with Crippen LogP contribution >= 0.6 is 0 Å². The van der Waals surface area contributed by atoms with E-state index in [1.165, 1.54) is 10.6 Å². The lowest BCUT2D eigenvalue weighted by molar-refractivity contribution is 0.281. The summed E-state index contributed by atoms with van der Waals surface area (Å²) < 4.78 is 23.9. The molecule has 0 N–H and O–H groups in total. The number of imidazole rings is 1. The van der Waals surface area contributed by atoms with Crippen LogP contribution in [-0.4, -0.2) is 51.5 Å². The van der Waals surface area contributed by atoms with Gasteiger partial charge in [-0.2, -0.15) is 0 Å². The normalized spacial score (nSPS) is 11.9. The quantitative estimate of drug-likeness (QED) is 0.409. The van der Waals surface area contributed by atoms with E-state index in [2.05, 4.69) is 15.1 Å². The Labute approximate surface area is 186 Å². The number of aryl methyl sites for hydroxylation is 1. The minimum absolute atomic E-state index is 0.0731. The molecule has 0 spiro atoms. The molecule has 168 valence electrons. The van der Waals surface area contributed by atoms with Gasteiger partial charge in [0.15, 0.2) is 5.65 Å². The zero-order valence-corrected chi connectivity index (χ0v) is 19.1. The summed E-state index contributed by atoms with van der Waals surface area (Å²) >= 11 is 0. The highest BCUT2D eigenvalue weighted by Gasteiger charge is 2.19. The summed E-state index contributed by atoms with van der Waals surface area (Å²) in [7, 11) is 5.73. The fraction of sp³-hybridized carbons (Fsp3) is 0.375. The van der Waals surface area contributed by atoms with Crippen molar-refractivity contribution in [1.82, 2.24) is 24.2 Å². The van der Waals surface area contributed by atoms with Gasteiger partial charge in [-0.25, -0.2) is 9.18 Å². The summed E-state index contributed by atoms with van der Waals surface area (Å²) in [6.45, 7) is 5.46. The van der Waals surface area contributed by atoms with Gasteiger partial charge >= 0.3 is 5.69 Å². The highest BCUT2D eigenvalue weighted by molar-refractivity contribution is 6.02. The van der Waals surface area contributed by atoms with E-state index >= 15 is 0 Å². The van der Waals surface area contributed by atoms with Crippen LogP contribution in [0.2, 0.25) is 0 Å². The van der Waals surface area contributed by atoms with E-state index in [0.29, 0.717) is 34.2 Å². The number of hydrogen-bond donors (Lipinski definition) is 0. The predicted molar refractivity (Wildman–Crippen MR) is 125 cm³/mol. The summed E-state index contributed by atoms with van der Waals surface area (Å²) in [6.07, 6.45) is 0.930. The summed E-state index contributed by atoms with van der Waals surface area (Å²) in [5.41, 5.74) is 2.56. The third kappa shape index (κ3) is 3.98. The Morgan fingerprint density at radius 1 is 1.12 bits per heavy atom. The second kappa shape index (κ2) is 8.70. The van der Waals surface area contributed by atoms with Crippen LogP contribution in [0.25, 0.3) is 33.2 Å². The molecule has 7 nitrogen and oxygen atoms in total. The molecular formula is C24H28FN5O2. The topological polar surface area (TPSA) is 65.2 Å². The molecule has 0 amide bonds. The highest BCUT2D eigenvalue weighted by atomic mass is 19.1. The van der Waals surface area contributed by atoms with Gasteiger partial charge in [-0.3, -0.25) is 9.13 Å². The molecule has 0 fully saturated rings. The number of ether oxygens (including phenoxy) is 1. The zero-order valence-electron chi connectivity index (χ0n) is 19.1. The summed E-state index contributed by atoms with van der Waals surface area (Å²) in [5.74, 6) is 0.360. The van der Waals surface area contributed by atoms with Crippen molar-refractivity contribution in [3.8, 4) is 16.9 Å². The van der Waals surface area contributed by atoms with Crippen molar-refractivity contribution < 1.29 is 9.13 Å². The molecule has 32 heavy (non-hydrogen) atoms. The molecule has 0 saturated heterocycles. The van der Waals surface area contributed by atoms with Crippen LogP contribution in [0.3, 0.4) is 0 Å². The monoisotopic (exact) mass is 437 g/mol. The van der Waals surface area contributed by atoms with Crippen molar-refractivity contribution >= 4 is 22.1 Å². The predicted octanol–water partition coefficient (Wildman–Crippen LogP) is 4.00. The fourth-order valence-corrected chi connectivity index (χ4v) is 3.92. The van der Waals surface area contributed by atoms with Gasteiger partial charge in [-0.05, 0) is 58.1 Å². The Hall–Kier alpha value is -3.26. The van der Waals surface area contributed by atoms with Crippen molar-refractivity contribution in [2.45, 2.75) is 26.3 Å². The van der Waals surface area contributed by atoms with E-state index in [-0.39, 0.29) is 17.5 Å². The van der Waals surface area contributed by atoms with Gasteiger partial charge in [0.1, 0.15) is 17.1 Å². The van der Waals surface area contributed by atoms with Crippen LogP contribution in [0.15, 0.2) is 41.2 Å². The van der Waals surface area contributed by atoms with Gasteiger partial charge in [0.25, 0.3) is 0 Å². The molecule has 8 heteroatoms. The average Bonchev–Trinajstić information content (AvgIpc) is 3.02. The van der Waals surface area contributed by atoms with Crippen molar-refractivity contribution in [1.29, 1.82) is 0 Å². The molecule has 0 unspecified atom stereocenters. The molecule has 0 aliphatic heterocycles. The molecule has 0 aliphatic rings. The Morgan fingerprint density at radius 2 is 1.84 bits per heavy atom. The minimum atomic E-state index is -0.389. The van der Waals surface area contributed by atoms with E-state index in [4.69, 9.17) is 4.74 Å². The van der Waals surface area contributed by atoms with Crippen LogP contribution < -0.4 is 10.4 Å². The molecule has 0 atom stereocenters. The fourth-order valence-electron chi connectivity index (χ4n) is 3.92. The molecule has 4 aromatic rings. The van der Waals surface area contributed by atoms with Crippen LogP contribution in [0, 0.1) is 5.82 Å². The Morgan fingerprint density at radius 3 is 2.50 bits per heavy atom. The van der Waals surface area contributed by atoms with Crippen molar-refractivity contribution in [3.63, 3.8) is 0 Å². The van der Waals surface area contributed by atoms with Gasteiger partial charge in [0.2, 0.25) is 0 Å². The molecular weight excluding hydrogens is 409 g/mol. The van der Waals surface area contributed by atoms with E-state index in [1.54, 1.807) is 17.7 Å². The summed E-state index contributed by atoms with van der Waals surface area (Å²) in [5, 5.41) is 9.04. The van der Waals surface area contributed by atoms with Crippen LogP contribution in [0.5, 0.6) is 5.75 Å². The number of hydrogen-bond acceptors (Lipinski definition) is 5. The number of benzene rings is 2. The van der Waals surface area contributed by atoms with Gasteiger partial charge in [-0.15, -0.1) is 10.2 Å². The molecule has 2 heterocycles. The number of rotatable bonds is 7. The lowest BCUT2D eigenvalue weighted by Crippen LogP contribution is -2.23. The molecule has 0 aliphatic carbocycles. The van der Waals surface area contributed by atoms with Crippen molar-refractivity contribution in [2.75, 3.05) is 27.2 Å². The van der Waals surface area contributed by atoms with Crippen molar-refractivity contribution in [2.24, 2.45) is 7.05 Å². The number of aromatic nitrogens is 4. The van der Waals surface area contributed by atoms with Crippen LogP contribution in [-0.2, 0) is 7.05 Å². The summed E-state index contributed by atoms with van der Waals surface area (Å²) in [6, 6.07) is 10.5. The Balaban J connectivity index is 1.75. The van der Waals surface area contributed by atoms with E-state index < -0.39 is 0 Å². The maximum atomic E-state index is 15.0. The Kier molecular flexibility index (Phi) is 5.97. The number of fused-ring (bicyclic) bond motifs is 3. The number of nitrogens with zero attached hydrogens (tertiary/aromatic N) is 5. The lowest BCUT2D eigenvalue weighted by atomic mass is 10.0. The molecule has 0 saturated carbocycles. The standard InChI is InChI=1S/C24H28FN5O2/c1-15(2)30-22-19-13-18(16-7-9-17(10-8-16)32-12-6-11-28(3)4)20(25)14-21(19)26-27-23(22)29(5)24(30)31/h7-10,13-15H,6,11-12H2,1-5H3. The first-order chi connectivity index (χ1) is 15.3. The third-order valence-corrected chi connectivity index (χ3v) is 5.56.